The lowest BCUT2D eigenvalue weighted by Crippen LogP contribution is -2.13. The second kappa shape index (κ2) is 6.56. The summed E-state index contributed by atoms with van der Waals surface area (Å²) in [5.41, 5.74) is 3.35. The predicted molar refractivity (Wildman–Crippen MR) is 94.7 cm³/mol. The van der Waals surface area contributed by atoms with Gasteiger partial charge in [0.15, 0.2) is 11.5 Å². The van der Waals surface area contributed by atoms with Gasteiger partial charge in [-0.05, 0) is 35.1 Å². The normalized spacial score (nSPS) is 13.0. The van der Waals surface area contributed by atoms with Crippen LogP contribution >= 0.6 is 0 Å². The molecule has 0 spiro atoms. The third-order valence-electron chi connectivity index (χ3n) is 4.12. The zero-order valence-electron chi connectivity index (χ0n) is 14.4. The highest BCUT2D eigenvalue weighted by Crippen LogP contribution is 2.34. The number of nitrogens with one attached hydrogen (secondary N) is 1. The smallest absolute Gasteiger partial charge is 0.231 e. The molecule has 2 aromatic rings. The van der Waals surface area contributed by atoms with E-state index in [-0.39, 0.29) is 18.1 Å². The molecule has 0 aromatic heterocycles. The van der Waals surface area contributed by atoms with Gasteiger partial charge < -0.3 is 14.8 Å². The summed E-state index contributed by atoms with van der Waals surface area (Å²) in [6.07, 6.45) is 1.17. The molecule has 1 N–H and O–H groups in total. The minimum absolute atomic E-state index is 0.00577. The Hall–Kier alpha value is -2.49. The van der Waals surface area contributed by atoms with Crippen LogP contribution in [0.15, 0.2) is 42.5 Å². The lowest BCUT2D eigenvalue weighted by Gasteiger charge is -2.19. The minimum Gasteiger partial charge on any atom is -0.454 e. The van der Waals surface area contributed by atoms with Crippen LogP contribution in [0.1, 0.15) is 38.3 Å². The van der Waals surface area contributed by atoms with E-state index in [0.29, 0.717) is 17.9 Å². The highest BCUT2D eigenvalue weighted by molar-refractivity contribution is 5.91. The van der Waals surface area contributed by atoms with Crippen LogP contribution in [0, 0.1) is 0 Å². The number of fused-ring (bicyclic) bond motifs is 1. The van der Waals surface area contributed by atoms with E-state index in [2.05, 4.69) is 50.4 Å². The van der Waals surface area contributed by atoms with Crippen molar-refractivity contribution in [3.8, 4) is 11.5 Å². The maximum Gasteiger partial charge on any atom is 0.231 e. The van der Waals surface area contributed by atoms with Crippen LogP contribution in [-0.4, -0.2) is 12.7 Å². The van der Waals surface area contributed by atoms with Gasteiger partial charge in [0, 0.05) is 18.2 Å². The Morgan fingerprint density at radius 2 is 1.75 bits per heavy atom. The zero-order chi connectivity index (χ0) is 17.2. The second-order valence-corrected chi connectivity index (χ2v) is 7.06. The van der Waals surface area contributed by atoms with Gasteiger partial charge in [-0.2, -0.15) is 0 Å². The second-order valence-electron chi connectivity index (χ2n) is 7.06. The summed E-state index contributed by atoms with van der Waals surface area (Å²) in [5, 5.41) is 2.90. The van der Waals surface area contributed by atoms with Crippen molar-refractivity contribution in [3.63, 3.8) is 0 Å². The zero-order valence-corrected chi connectivity index (χ0v) is 14.4. The van der Waals surface area contributed by atoms with Crippen LogP contribution in [0.2, 0.25) is 0 Å². The van der Waals surface area contributed by atoms with Crippen LogP contribution in [0.5, 0.6) is 11.5 Å². The van der Waals surface area contributed by atoms with Crippen LogP contribution < -0.4 is 14.8 Å². The molecule has 126 valence electrons. The first-order chi connectivity index (χ1) is 11.4. The Kier molecular flexibility index (Phi) is 4.47. The number of carbonyl (C=O) groups is 1. The first-order valence-corrected chi connectivity index (χ1v) is 8.21. The molecule has 0 saturated heterocycles. The first-order valence-electron chi connectivity index (χ1n) is 8.21. The number of hydrogen-bond acceptors (Lipinski definition) is 3. The fraction of sp³-hybridized carbons (Fsp3) is 0.350. The molecule has 0 bridgehead atoms. The van der Waals surface area contributed by atoms with Gasteiger partial charge in [-0.15, -0.1) is 0 Å². The monoisotopic (exact) mass is 325 g/mol. The summed E-state index contributed by atoms with van der Waals surface area (Å²) < 4.78 is 10.6. The van der Waals surface area contributed by atoms with E-state index in [0.717, 1.165) is 12.1 Å². The van der Waals surface area contributed by atoms with Gasteiger partial charge in [0.05, 0.1) is 0 Å². The SMILES string of the molecule is CC(C)(C)c1ccc(CCC(=O)Nc2ccc3c(c2)OCO3)cc1. The maximum atomic E-state index is 12.1. The molecule has 4 nitrogen and oxygen atoms in total. The Morgan fingerprint density at radius 3 is 2.46 bits per heavy atom. The lowest BCUT2D eigenvalue weighted by molar-refractivity contribution is -0.116. The molecule has 0 atom stereocenters. The predicted octanol–water partition coefficient (Wildman–Crippen LogP) is 4.28. The van der Waals surface area contributed by atoms with E-state index >= 15 is 0 Å². The van der Waals surface area contributed by atoms with Crippen molar-refractivity contribution >= 4 is 11.6 Å². The van der Waals surface area contributed by atoms with Gasteiger partial charge in [-0.1, -0.05) is 45.0 Å². The van der Waals surface area contributed by atoms with Crippen LogP contribution in [-0.2, 0) is 16.6 Å². The van der Waals surface area contributed by atoms with Crippen molar-refractivity contribution in [1.82, 2.24) is 0 Å². The average Bonchev–Trinajstić information content (AvgIpc) is 3.00. The molecular weight excluding hydrogens is 302 g/mol. The molecule has 0 radical (unpaired) electrons. The molecule has 0 fully saturated rings. The van der Waals surface area contributed by atoms with E-state index in [9.17, 15) is 4.79 Å². The molecule has 4 heteroatoms. The van der Waals surface area contributed by atoms with E-state index in [1.807, 2.05) is 12.1 Å². The third kappa shape index (κ3) is 3.88. The number of carbonyl (C=O) groups excluding carboxylic acids is 1. The van der Waals surface area contributed by atoms with Gasteiger partial charge in [-0.3, -0.25) is 4.79 Å². The highest BCUT2D eigenvalue weighted by Gasteiger charge is 2.15. The molecule has 0 aliphatic carbocycles. The first kappa shape index (κ1) is 16.4. The largest absolute Gasteiger partial charge is 0.454 e. The molecule has 1 amide bonds. The quantitative estimate of drug-likeness (QED) is 0.912. The third-order valence-corrected chi connectivity index (χ3v) is 4.12. The van der Waals surface area contributed by atoms with Crippen LogP contribution in [0.4, 0.5) is 5.69 Å². The molecule has 1 aliphatic rings. The van der Waals surface area contributed by atoms with Crippen LogP contribution in [0.25, 0.3) is 0 Å². The highest BCUT2D eigenvalue weighted by atomic mass is 16.7. The van der Waals surface area contributed by atoms with Crippen molar-refractivity contribution in [2.24, 2.45) is 0 Å². The summed E-state index contributed by atoms with van der Waals surface area (Å²) >= 11 is 0. The van der Waals surface area contributed by atoms with Gasteiger partial charge >= 0.3 is 0 Å². The standard InChI is InChI=1S/C20H23NO3/c1-20(2,3)15-7-4-14(5-8-15)6-11-19(22)21-16-9-10-17-18(12-16)24-13-23-17/h4-5,7-10,12H,6,11,13H2,1-3H3,(H,21,22). The van der Waals surface area contributed by atoms with Crippen LogP contribution in [0.3, 0.4) is 0 Å². The number of ether oxygens (including phenoxy) is 2. The van der Waals surface area contributed by atoms with Gasteiger partial charge in [0.25, 0.3) is 0 Å². The van der Waals surface area contributed by atoms with E-state index < -0.39 is 0 Å². The maximum absolute atomic E-state index is 12.1. The van der Waals surface area contributed by atoms with Gasteiger partial charge in [0.1, 0.15) is 0 Å². The molecule has 3 rings (SSSR count). The number of hydrogen-bond donors (Lipinski definition) is 1. The summed E-state index contributed by atoms with van der Waals surface area (Å²) in [4.78, 5) is 12.1. The van der Waals surface area contributed by atoms with Crippen molar-refractivity contribution in [2.45, 2.75) is 39.0 Å². The summed E-state index contributed by atoms with van der Waals surface area (Å²) in [6.45, 7) is 6.82. The number of anilines is 1. The van der Waals surface area contributed by atoms with Gasteiger partial charge in [0.2, 0.25) is 12.7 Å². The number of aryl methyl sites for hydroxylation is 1. The molecule has 1 heterocycles. The molecule has 0 saturated carbocycles. The Morgan fingerprint density at radius 1 is 1.04 bits per heavy atom. The van der Waals surface area contributed by atoms with E-state index in [4.69, 9.17) is 9.47 Å². The molecule has 0 unspecified atom stereocenters. The fourth-order valence-electron chi connectivity index (χ4n) is 2.63. The molecule has 1 aliphatic heterocycles. The lowest BCUT2D eigenvalue weighted by atomic mass is 9.86. The summed E-state index contributed by atoms with van der Waals surface area (Å²) in [7, 11) is 0. The molecule has 2 aromatic carbocycles. The Balaban J connectivity index is 1.54. The average molecular weight is 325 g/mol. The number of benzene rings is 2. The van der Waals surface area contributed by atoms with Crippen molar-refractivity contribution in [3.05, 3.63) is 53.6 Å². The molecule has 24 heavy (non-hydrogen) atoms. The topological polar surface area (TPSA) is 47.6 Å². The van der Waals surface area contributed by atoms with Crippen molar-refractivity contribution in [2.75, 3.05) is 12.1 Å². The van der Waals surface area contributed by atoms with Gasteiger partial charge in [-0.25, -0.2) is 0 Å². The van der Waals surface area contributed by atoms with Crippen molar-refractivity contribution < 1.29 is 14.3 Å². The fourth-order valence-corrected chi connectivity index (χ4v) is 2.63. The van der Waals surface area contributed by atoms with Crippen molar-refractivity contribution in [1.29, 1.82) is 0 Å². The van der Waals surface area contributed by atoms with E-state index in [1.54, 1.807) is 6.07 Å². The number of amides is 1. The Labute approximate surface area is 142 Å². The van der Waals surface area contributed by atoms with E-state index in [1.165, 1.54) is 11.1 Å². The minimum atomic E-state index is -0.00577. The number of rotatable bonds is 4. The molecular formula is C20H23NO3. The Bertz CT molecular complexity index is 730. The summed E-state index contributed by atoms with van der Waals surface area (Å²) in [5.74, 6) is 1.38. The summed E-state index contributed by atoms with van der Waals surface area (Å²) in [6, 6.07) is 13.9.